The van der Waals surface area contributed by atoms with E-state index in [9.17, 15) is 0 Å². The van der Waals surface area contributed by atoms with E-state index in [1.54, 1.807) is 0 Å². The summed E-state index contributed by atoms with van der Waals surface area (Å²) >= 11 is 0. The summed E-state index contributed by atoms with van der Waals surface area (Å²) in [5.41, 5.74) is 4.73. The second-order valence-electron chi connectivity index (χ2n) is 7.23. The number of ether oxygens (including phenoxy) is 1. The zero-order valence-electron chi connectivity index (χ0n) is 15.3. The number of aromatic nitrogens is 4. The SMILES string of the molecule is CN1CCN(C2c3ccccc3COc3ccc(-c4nnn[nH]4)cc32)CC1.[NaH]. The van der Waals surface area contributed by atoms with Gasteiger partial charge < -0.3 is 9.64 Å². The second kappa shape index (κ2) is 8.31. The first kappa shape index (κ1) is 19.5. The van der Waals surface area contributed by atoms with Gasteiger partial charge >= 0.3 is 29.6 Å². The Morgan fingerprint density at radius 3 is 2.64 bits per heavy atom. The monoisotopic (exact) mass is 386 g/mol. The van der Waals surface area contributed by atoms with Gasteiger partial charge in [-0.1, -0.05) is 24.3 Å². The summed E-state index contributed by atoms with van der Waals surface area (Å²) in [5, 5.41) is 14.4. The Bertz CT molecular complexity index is 940. The number of nitrogens with zero attached hydrogens (tertiary/aromatic N) is 5. The van der Waals surface area contributed by atoms with Crippen molar-refractivity contribution in [1.29, 1.82) is 0 Å². The van der Waals surface area contributed by atoms with Gasteiger partial charge in [0.2, 0.25) is 0 Å². The van der Waals surface area contributed by atoms with Gasteiger partial charge in [0.15, 0.2) is 5.82 Å². The number of nitrogens with one attached hydrogen (secondary N) is 1. The summed E-state index contributed by atoms with van der Waals surface area (Å²) in [6.45, 7) is 4.80. The third kappa shape index (κ3) is 3.60. The van der Waals surface area contributed by atoms with E-state index in [-0.39, 0.29) is 35.6 Å². The van der Waals surface area contributed by atoms with Crippen molar-refractivity contribution < 1.29 is 4.74 Å². The van der Waals surface area contributed by atoms with Crippen molar-refractivity contribution in [1.82, 2.24) is 30.4 Å². The molecule has 3 heterocycles. The summed E-state index contributed by atoms with van der Waals surface area (Å²) in [6.07, 6.45) is 0. The molecule has 1 atom stereocenters. The molecular formula is C20H23N6NaO. The Balaban J connectivity index is 0.00000192. The Morgan fingerprint density at radius 2 is 1.86 bits per heavy atom. The third-order valence-electron chi connectivity index (χ3n) is 5.56. The number of piperazine rings is 1. The zero-order chi connectivity index (χ0) is 18.2. The molecule has 1 aromatic heterocycles. The van der Waals surface area contributed by atoms with Gasteiger partial charge in [0.05, 0.1) is 6.04 Å². The maximum atomic E-state index is 6.19. The van der Waals surface area contributed by atoms with Gasteiger partial charge in [0.1, 0.15) is 12.4 Å². The van der Waals surface area contributed by atoms with E-state index in [1.165, 1.54) is 16.7 Å². The van der Waals surface area contributed by atoms with Crippen LogP contribution in [0, 0.1) is 0 Å². The molecule has 8 heteroatoms. The zero-order valence-corrected chi connectivity index (χ0v) is 15.3. The van der Waals surface area contributed by atoms with Crippen LogP contribution in [0.1, 0.15) is 22.7 Å². The van der Waals surface area contributed by atoms with Crippen LogP contribution in [-0.4, -0.2) is 93.2 Å². The number of tetrazole rings is 1. The molecular weight excluding hydrogens is 363 g/mol. The number of fused-ring (bicyclic) bond motifs is 2. The van der Waals surface area contributed by atoms with E-state index < -0.39 is 0 Å². The molecule has 1 N–H and O–H groups in total. The molecule has 1 fully saturated rings. The van der Waals surface area contributed by atoms with Crippen LogP contribution >= 0.6 is 0 Å². The fourth-order valence-electron chi connectivity index (χ4n) is 4.05. The van der Waals surface area contributed by atoms with E-state index in [2.05, 4.69) is 67.8 Å². The molecule has 2 aromatic carbocycles. The van der Waals surface area contributed by atoms with Crippen molar-refractivity contribution in [2.75, 3.05) is 33.2 Å². The van der Waals surface area contributed by atoms with Crippen LogP contribution in [0.15, 0.2) is 42.5 Å². The van der Waals surface area contributed by atoms with Crippen molar-refractivity contribution in [2.45, 2.75) is 12.6 Å². The van der Waals surface area contributed by atoms with Crippen molar-refractivity contribution in [3.8, 4) is 17.1 Å². The van der Waals surface area contributed by atoms with E-state index in [0.29, 0.717) is 12.4 Å². The summed E-state index contributed by atoms with van der Waals surface area (Å²) in [7, 11) is 2.18. The molecule has 0 amide bonds. The summed E-state index contributed by atoms with van der Waals surface area (Å²) in [4.78, 5) is 4.95. The van der Waals surface area contributed by atoms with Gasteiger partial charge in [-0.25, -0.2) is 5.10 Å². The Kier molecular flexibility index (Phi) is 5.80. The first-order valence-electron chi connectivity index (χ1n) is 9.31. The molecule has 2 aliphatic heterocycles. The molecule has 140 valence electrons. The number of benzene rings is 2. The molecule has 0 bridgehead atoms. The topological polar surface area (TPSA) is 70.2 Å². The molecule has 0 saturated carbocycles. The predicted molar refractivity (Wildman–Crippen MR) is 108 cm³/mol. The van der Waals surface area contributed by atoms with Crippen LogP contribution in [0.3, 0.4) is 0 Å². The maximum absolute atomic E-state index is 6.19. The molecule has 1 unspecified atom stereocenters. The average molecular weight is 386 g/mol. The quantitative estimate of drug-likeness (QED) is 0.673. The minimum absolute atomic E-state index is 0. The normalized spacial score (nSPS) is 19.7. The Morgan fingerprint density at radius 1 is 1.04 bits per heavy atom. The van der Waals surface area contributed by atoms with Crippen molar-refractivity contribution in [2.24, 2.45) is 0 Å². The van der Waals surface area contributed by atoms with Gasteiger partial charge in [0, 0.05) is 37.3 Å². The van der Waals surface area contributed by atoms with E-state index in [0.717, 1.165) is 37.5 Å². The first-order valence-corrected chi connectivity index (χ1v) is 9.31. The summed E-state index contributed by atoms with van der Waals surface area (Å²) < 4.78 is 6.19. The molecule has 28 heavy (non-hydrogen) atoms. The van der Waals surface area contributed by atoms with Crippen LogP contribution in [-0.2, 0) is 6.61 Å². The predicted octanol–water partition coefficient (Wildman–Crippen LogP) is 1.45. The molecule has 3 aromatic rings. The summed E-state index contributed by atoms with van der Waals surface area (Å²) in [6, 6.07) is 15.0. The van der Waals surface area contributed by atoms with Crippen LogP contribution in [0.25, 0.3) is 11.4 Å². The fourth-order valence-corrected chi connectivity index (χ4v) is 4.05. The second-order valence-corrected chi connectivity index (χ2v) is 7.23. The van der Waals surface area contributed by atoms with Gasteiger partial charge in [-0.15, -0.1) is 5.10 Å². The molecule has 0 spiro atoms. The van der Waals surface area contributed by atoms with Crippen LogP contribution in [0.2, 0.25) is 0 Å². The molecule has 2 aliphatic rings. The molecule has 0 aliphatic carbocycles. The van der Waals surface area contributed by atoms with Gasteiger partial charge in [0.25, 0.3) is 0 Å². The van der Waals surface area contributed by atoms with E-state index >= 15 is 0 Å². The standard InChI is InChI=1S/C20H22N6O.Na.H/c1-25-8-10-26(11-9-25)19-16-5-3-2-4-15(16)13-27-18-7-6-14(12-17(18)19)20-21-23-24-22-20;;/h2-7,12,19H,8-11,13H2,1H3,(H,21,22,23,24);;. The van der Waals surface area contributed by atoms with Gasteiger partial charge in [-0.05, 0) is 46.8 Å². The number of H-pyrrole nitrogens is 1. The number of aromatic amines is 1. The number of hydrogen-bond donors (Lipinski definition) is 1. The Labute approximate surface area is 186 Å². The third-order valence-corrected chi connectivity index (χ3v) is 5.56. The summed E-state index contributed by atoms with van der Waals surface area (Å²) in [5.74, 6) is 1.61. The number of likely N-dealkylation sites (N-methyl/N-ethyl adjacent to an activating group) is 1. The first-order chi connectivity index (χ1) is 13.3. The minimum atomic E-state index is 0. The van der Waals surface area contributed by atoms with Crippen molar-refractivity contribution in [3.63, 3.8) is 0 Å². The fraction of sp³-hybridized carbons (Fsp3) is 0.350. The number of rotatable bonds is 2. The van der Waals surface area contributed by atoms with Crippen LogP contribution in [0.4, 0.5) is 0 Å². The van der Waals surface area contributed by atoms with E-state index in [1.807, 2.05) is 12.1 Å². The molecule has 7 nitrogen and oxygen atoms in total. The van der Waals surface area contributed by atoms with Crippen LogP contribution < -0.4 is 4.74 Å². The van der Waals surface area contributed by atoms with Gasteiger partial charge in [-0.2, -0.15) is 0 Å². The van der Waals surface area contributed by atoms with Gasteiger partial charge in [-0.3, -0.25) is 4.90 Å². The molecule has 0 radical (unpaired) electrons. The van der Waals surface area contributed by atoms with Crippen LogP contribution in [0.5, 0.6) is 5.75 Å². The molecule has 1 saturated heterocycles. The number of hydrogen-bond acceptors (Lipinski definition) is 6. The van der Waals surface area contributed by atoms with Crippen molar-refractivity contribution in [3.05, 3.63) is 59.2 Å². The van der Waals surface area contributed by atoms with E-state index in [4.69, 9.17) is 4.74 Å². The van der Waals surface area contributed by atoms with Crippen molar-refractivity contribution >= 4 is 29.6 Å². The molecule has 5 rings (SSSR count). The average Bonchev–Trinajstić information content (AvgIpc) is 3.19. The Hall–Kier alpha value is -1.77.